The van der Waals surface area contributed by atoms with Gasteiger partial charge in [-0.3, -0.25) is 19.2 Å². The molecule has 6 nitrogen and oxygen atoms in total. The molecule has 0 aromatic carbocycles. The van der Waals surface area contributed by atoms with Crippen LogP contribution in [0.15, 0.2) is 0 Å². The normalized spacial score (nSPS) is 12.5. The zero-order chi connectivity index (χ0) is 14.9. The molecule has 104 valence electrons. The van der Waals surface area contributed by atoms with Crippen molar-refractivity contribution < 1.29 is 23.9 Å². The molecule has 0 aliphatic carbocycles. The Bertz CT molecular complexity index is 310. The molecule has 0 radical (unpaired) electrons. The molecule has 2 atom stereocenters. The fourth-order valence-corrected chi connectivity index (χ4v) is 0.634. The Labute approximate surface area is 107 Å². The lowest BCUT2D eigenvalue weighted by atomic mass is 10.1. The third-order valence-electron chi connectivity index (χ3n) is 2.29. The maximum absolute atomic E-state index is 10.7. The van der Waals surface area contributed by atoms with Crippen molar-refractivity contribution in [3.63, 3.8) is 0 Å². The Kier molecular flexibility index (Phi) is 9.66. The van der Waals surface area contributed by atoms with Gasteiger partial charge < -0.3 is 10.5 Å². The van der Waals surface area contributed by atoms with Gasteiger partial charge >= 0.3 is 5.97 Å². The van der Waals surface area contributed by atoms with Crippen LogP contribution >= 0.6 is 0 Å². The van der Waals surface area contributed by atoms with Crippen LogP contribution in [0.1, 0.15) is 34.6 Å². The minimum atomic E-state index is -0.630. The van der Waals surface area contributed by atoms with Gasteiger partial charge in [-0.25, -0.2) is 0 Å². The molecule has 0 bridgehead atoms. The number of nitrogens with two attached hydrogens (primary N) is 1. The molecule has 0 fully saturated rings. The molecule has 0 saturated carbocycles. The molecule has 0 aliphatic heterocycles. The second-order valence-electron chi connectivity index (χ2n) is 3.82. The fraction of sp³-hybridized carbons (Fsp3) is 0.667. The number of rotatable bonds is 5. The number of hydrogen-bond donors (Lipinski definition) is 1. The number of carbonyl (C=O) groups is 4. The molecule has 2 unspecified atom stereocenters. The molecular weight excluding hydrogens is 238 g/mol. The Morgan fingerprint density at radius 2 is 1.39 bits per heavy atom. The Morgan fingerprint density at radius 3 is 1.56 bits per heavy atom. The van der Waals surface area contributed by atoms with Gasteiger partial charge in [-0.1, -0.05) is 0 Å². The number of esters is 1. The van der Waals surface area contributed by atoms with Crippen molar-refractivity contribution in [2.24, 2.45) is 17.6 Å². The standard InChI is InChI=1S/C7H12O3.C5H9NO2/c1-4-10-7(9)5(2)6(3)8;1-3(4(2)7)5(6)8/h5H,4H2,1-3H3;3H,1-2H3,(H2,6,8). The van der Waals surface area contributed by atoms with Crippen LogP contribution in [-0.2, 0) is 23.9 Å². The summed E-state index contributed by atoms with van der Waals surface area (Å²) >= 11 is 0. The third-order valence-corrected chi connectivity index (χ3v) is 2.29. The topological polar surface area (TPSA) is 104 Å². The number of Topliss-reactive ketones (excluding diaryl/α,β-unsaturated/α-hetero) is 2. The number of ketones is 2. The van der Waals surface area contributed by atoms with Crippen LogP contribution < -0.4 is 5.73 Å². The van der Waals surface area contributed by atoms with E-state index < -0.39 is 23.7 Å². The van der Waals surface area contributed by atoms with E-state index in [-0.39, 0.29) is 11.6 Å². The van der Waals surface area contributed by atoms with Gasteiger partial charge in [0.1, 0.15) is 17.5 Å². The second kappa shape index (κ2) is 9.32. The van der Waals surface area contributed by atoms with Crippen LogP contribution in [0.4, 0.5) is 0 Å². The summed E-state index contributed by atoms with van der Waals surface area (Å²) in [6.45, 7) is 7.79. The minimum absolute atomic E-state index is 0.154. The van der Waals surface area contributed by atoms with Crippen molar-refractivity contribution in [2.45, 2.75) is 34.6 Å². The highest BCUT2D eigenvalue weighted by molar-refractivity contribution is 5.99. The summed E-state index contributed by atoms with van der Waals surface area (Å²) < 4.78 is 4.61. The van der Waals surface area contributed by atoms with Gasteiger partial charge in [0.2, 0.25) is 5.91 Å². The zero-order valence-electron chi connectivity index (χ0n) is 11.5. The van der Waals surface area contributed by atoms with E-state index in [1.54, 1.807) is 13.8 Å². The van der Waals surface area contributed by atoms with Crippen LogP contribution in [0.25, 0.3) is 0 Å². The van der Waals surface area contributed by atoms with Crippen LogP contribution in [-0.4, -0.2) is 30.0 Å². The largest absolute Gasteiger partial charge is 0.465 e. The number of amides is 1. The van der Waals surface area contributed by atoms with Gasteiger partial charge in [-0.15, -0.1) is 0 Å². The lowest BCUT2D eigenvalue weighted by Crippen LogP contribution is -2.25. The molecule has 2 N–H and O–H groups in total. The van der Waals surface area contributed by atoms with Gasteiger partial charge in [0.25, 0.3) is 0 Å². The van der Waals surface area contributed by atoms with Crippen molar-refractivity contribution in [1.82, 2.24) is 0 Å². The van der Waals surface area contributed by atoms with Crippen LogP contribution in [0.3, 0.4) is 0 Å². The van der Waals surface area contributed by atoms with Gasteiger partial charge in [0, 0.05) is 0 Å². The molecule has 0 heterocycles. The minimum Gasteiger partial charge on any atom is -0.465 e. The van der Waals surface area contributed by atoms with Gasteiger partial charge in [-0.05, 0) is 34.6 Å². The summed E-state index contributed by atoms with van der Waals surface area (Å²) in [7, 11) is 0. The third kappa shape index (κ3) is 8.43. The summed E-state index contributed by atoms with van der Waals surface area (Å²) in [5, 5.41) is 0. The van der Waals surface area contributed by atoms with Crippen molar-refractivity contribution in [3.8, 4) is 0 Å². The Morgan fingerprint density at radius 1 is 1.00 bits per heavy atom. The highest BCUT2D eigenvalue weighted by atomic mass is 16.5. The lowest BCUT2D eigenvalue weighted by Gasteiger charge is -2.04. The van der Waals surface area contributed by atoms with E-state index in [1.807, 2.05) is 0 Å². The molecule has 18 heavy (non-hydrogen) atoms. The quantitative estimate of drug-likeness (QED) is 0.571. The van der Waals surface area contributed by atoms with E-state index in [2.05, 4.69) is 4.74 Å². The van der Waals surface area contributed by atoms with Crippen LogP contribution in [0.2, 0.25) is 0 Å². The van der Waals surface area contributed by atoms with Crippen molar-refractivity contribution in [1.29, 1.82) is 0 Å². The van der Waals surface area contributed by atoms with E-state index in [0.717, 1.165) is 0 Å². The molecule has 0 spiro atoms. The molecule has 1 amide bonds. The van der Waals surface area contributed by atoms with E-state index in [4.69, 9.17) is 5.73 Å². The van der Waals surface area contributed by atoms with E-state index in [1.165, 1.54) is 20.8 Å². The number of hydrogen-bond acceptors (Lipinski definition) is 5. The SMILES string of the molecule is CC(=O)C(C)C(N)=O.CCOC(=O)C(C)C(C)=O. The molecular formula is C12H21NO5. The summed E-state index contributed by atoms with van der Waals surface area (Å²) in [6, 6.07) is 0. The highest BCUT2D eigenvalue weighted by Crippen LogP contribution is 1.98. The first kappa shape index (κ1) is 18.6. The first-order valence-corrected chi connectivity index (χ1v) is 5.61. The van der Waals surface area contributed by atoms with E-state index in [9.17, 15) is 19.2 Å². The smallest absolute Gasteiger partial charge is 0.316 e. The highest BCUT2D eigenvalue weighted by Gasteiger charge is 2.17. The summed E-state index contributed by atoms with van der Waals surface area (Å²) in [5.74, 6) is -2.57. The molecule has 6 heteroatoms. The maximum Gasteiger partial charge on any atom is 0.316 e. The zero-order valence-corrected chi connectivity index (χ0v) is 11.5. The average molecular weight is 259 g/mol. The van der Waals surface area contributed by atoms with E-state index >= 15 is 0 Å². The van der Waals surface area contributed by atoms with Crippen LogP contribution in [0.5, 0.6) is 0 Å². The number of ether oxygens (including phenoxy) is 1. The average Bonchev–Trinajstić information content (AvgIpc) is 2.27. The monoisotopic (exact) mass is 259 g/mol. The van der Waals surface area contributed by atoms with Gasteiger partial charge in [0.05, 0.1) is 12.5 Å². The molecule has 0 rings (SSSR count). The van der Waals surface area contributed by atoms with Crippen molar-refractivity contribution >= 4 is 23.4 Å². The molecule has 0 saturated heterocycles. The molecule has 0 aromatic rings. The predicted octanol–water partition coefficient (Wildman–Crippen LogP) is 0.471. The van der Waals surface area contributed by atoms with Crippen molar-refractivity contribution in [3.05, 3.63) is 0 Å². The molecule has 0 aromatic heterocycles. The Hall–Kier alpha value is -1.72. The summed E-state index contributed by atoms with van der Waals surface area (Å²) in [6.07, 6.45) is 0. The molecule has 0 aliphatic rings. The van der Waals surface area contributed by atoms with Gasteiger partial charge in [-0.2, -0.15) is 0 Å². The van der Waals surface area contributed by atoms with Gasteiger partial charge in [0.15, 0.2) is 0 Å². The van der Waals surface area contributed by atoms with E-state index in [0.29, 0.717) is 6.61 Å². The first-order valence-electron chi connectivity index (χ1n) is 5.61. The fourth-order valence-electron chi connectivity index (χ4n) is 0.634. The number of primary amides is 1. The lowest BCUT2D eigenvalue weighted by molar-refractivity contribution is -0.150. The second-order valence-corrected chi connectivity index (χ2v) is 3.82. The van der Waals surface area contributed by atoms with Crippen LogP contribution in [0, 0.1) is 11.8 Å². The van der Waals surface area contributed by atoms with Crippen molar-refractivity contribution in [2.75, 3.05) is 6.61 Å². The maximum atomic E-state index is 10.7. The predicted molar refractivity (Wildman–Crippen MR) is 65.5 cm³/mol. The summed E-state index contributed by atoms with van der Waals surface area (Å²) in [5.41, 5.74) is 4.78. The summed E-state index contributed by atoms with van der Waals surface area (Å²) in [4.78, 5) is 41.7. The number of carbonyl (C=O) groups excluding carboxylic acids is 4. The Balaban J connectivity index is 0. The first-order chi connectivity index (χ1) is 8.14.